The fraction of sp³-hybridized carbons (Fsp3) is 0.577. The zero-order valence-electron chi connectivity index (χ0n) is 17.6. The van der Waals surface area contributed by atoms with Crippen molar-refractivity contribution in [2.45, 2.75) is 64.9 Å². The van der Waals surface area contributed by atoms with Crippen LogP contribution in [0.4, 0.5) is 0 Å². The monoisotopic (exact) mass is 388 g/mol. The lowest BCUT2D eigenvalue weighted by atomic mass is 9.47. The summed E-state index contributed by atoms with van der Waals surface area (Å²) in [4.78, 5) is 4.68. The molecule has 2 fully saturated rings. The van der Waals surface area contributed by atoms with Crippen molar-refractivity contribution < 1.29 is 5.11 Å². The van der Waals surface area contributed by atoms with Crippen LogP contribution in [0.2, 0.25) is 0 Å². The van der Waals surface area contributed by atoms with Gasteiger partial charge in [-0.1, -0.05) is 43.7 Å². The van der Waals surface area contributed by atoms with Crippen LogP contribution in [0.15, 0.2) is 48.3 Å². The Hall–Kier alpha value is -1.87. The molecular formula is C26H32N2O. The van der Waals surface area contributed by atoms with Crippen molar-refractivity contribution in [1.82, 2.24) is 9.55 Å². The molecule has 1 aromatic carbocycles. The highest BCUT2D eigenvalue weighted by atomic mass is 16.3. The molecule has 4 aliphatic rings. The summed E-state index contributed by atoms with van der Waals surface area (Å²) in [5.74, 6) is 2.32. The molecule has 4 aliphatic carbocycles. The van der Waals surface area contributed by atoms with Gasteiger partial charge in [0.2, 0.25) is 0 Å². The number of hydrogen-bond acceptors (Lipinski definition) is 2. The molecule has 3 unspecified atom stereocenters. The summed E-state index contributed by atoms with van der Waals surface area (Å²) in [6.45, 7) is 5.04. The average molecular weight is 389 g/mol. The highest BCUT2D eigenvalue weighted by Crippen LogP contribution is 2.66. The Morgan fingerprint density at radius 3 is 2.76 bits per heavy atom. The minimum absolute atomic E-state index is 0.210. The average Bonchev–Trinajstić information content (AvgIpc) is 3.29. The highest BCUT2D eigenvalue weighted by Gasteiger charge is 2.57. The summed E-state index contributed by atoms with van der Waals surface area (Å²) in [5, 5.41) is 10.2. The Kier molecular flexibility index (Phi) is 3.76. The second kappa shape index (κ2) is 6.07. The second-order valence-corrected chi connectivity index (χ2v) is 10.5. The van der Waals surface area contributed by atoms with E-state index in [1.165, 1.54) is 43.3 Å². The maximum Gasteiger partial charge on any atom is 0.100 e. The van der Waals surface area contributed by atoms with Gasteiger partial charge < -0.3 is 9.67 Å². The molecule has 1 N–H and O–H groups in total. The first-order chi connectivity index (χ1) is 14.0. The van der Waals surface area contributed by atoms with Gasteiger partial charge in [0, 0.05) is 11.1 Å². The molecule has 2 aromatic rings. The predicted octanol–water partition coefficient (Wildman–Crippen LogP) is 5.81. The third-order valence-corrected chi connectivity index (χ3v) is 9.34. The van der Waals surface area contributed by atoms with Crippen molar-refractivity contribution >= 4 is 16.7 Å². The van der Waals surface area contributed by atoms with Gasteiger partial charge in [-0.05, 0) is 80.2 Å². The Bertz CT molecular complexity index is 1030. The van der Waals surface area contributed by atoms with Gasteiger partial charge in [-0.25, -0.2) is 4.98 Å². The number of para-hydroxylation sites is 2. The lowest BCUT2D eigenvalue weighted by molar-refractivity contribution is -0.0293. The van der Waals surface area contributed by atoms with E-state index in [1.807, 2.05) is 6.33 Å². The third kappa shape index (κ3) is 2.37. The molecule has 2 saturated carbocycles. The normalized spacial score (nSPS) is 41.3. The van der Waals surface area contributed by atoms with Gasteiger partial charge in [-0.2, -0.15) is 0 Å². The fourth-order valence-corrected chi connectivity index (χ4v) is 7.78. The van der Waals surface area contributed by atoms with Crippen molar-refractivity contribution in [3.8, 4) is 0 Å². The van der Waals surface area contributed by atoms with E-state index in [-0.39, 0.29) is 11.5 Å². The first kappa shape index (κ1) is 17.9. The van der Waals surface area contributed by atoms with E-state index in [2.05, 4.69) is 59.8 Å². The van der Waals surface area contributed by atoms with E-state index in [1.54, 1.807) is 5.57 Å². The molecule has 0 amide bonds. The SMILES string of the molecule is C[C@]12CC[C@@H](O)C=C1CCC1C2CC[C@]2(C)C(n3cnc4ccccc43)=CCC12. The van der Waals surface area contributed by atoms with Crippen molar-refractivity contribution in [2.75, 3.05) is 0 Å². The topological polar surface area (TPSA) is 38.0 Å². The van der Waals surface area contributed by atoms with E-state index >= 15 is 0 Å². The Morgan fingerprint density at radius 1 is 1.03 bits per heavy atom. The van der Waals surface area contributed by atoms with Crippen LogP contribution in [0, 0.1) is 28.6 Å². The maximum absolute atomic E-state index is 10.2. The Morgan fingerprint density at radius 2 is 1.86 bits per heavy atom. The number of aliphatic hydroxyl groups excluding tert-OH is 1. The van der Waals surface area contributed by atoms with Crippen LogP contribution in [0.3, 0.4) is 0 Å². The third-order valence-electron chi connectivity index (χ3n) is 9.34. The number of rotatable bonds is 1. The van der Waals surface area contributed by atoms with Gasteiger partial charge in [0.15, 0.2) is 0 Å². The van der Waals surface area contributed by atoms with Crippen LogP contribution in [-0.4, -0.2) is 20.8 Å². The lowest BCUT2D eigenvalue weighted by Gasteiger charge is -2.58. The van der Waals surface area contributed by atoms with Crippen molar-refractivity contribution in [3.63, 3.8) is 0 Å². The van der Waals surface area contributed by atoms with E-state index in [9.17, 15) is 5.11 Å². The van der Waals surface area contributed by atoms with Crippen molar-refractivity contribution in [3.05, 3.63) is 48.3 Å². The highest BCUT2D eigenvalue weighted by molar-refractivity contribution is 5.80. The molecule has 6 rings (SSSR count). The first-order valence-electron chi connectivity index (χ1n) is 11.5. The molecule has 152 valence electrons. The minimum Gasteiger partial charge on any atom is -0.389 e. The molecule has 0 aliphatic heterocycles. The summed E-state index contributed by atoms with van der Waals surface area (Å²) in [5.41, 5.74) is 5.94. The van der Waals surface area contributed by atoms with Crippen molar-refractivity contribution in [2.24, 2.45) is 28.6 Å². The number of allylic oxidation sites excluding steroid dienone is 3. The molecule has 3 heteroatoms. The fourth-order valence-electron chi connectivity index (χ4n) is 7.78. The molecule has 0 radical (unpaired) electrons. The minimum atomic E-state index is -0.210. The van der Waals surface area contributed by atoms with E-state index in [0.29, 0.717) is 5.41 Å². The van der Waals surface area contributed by atoms with Crippen LogP contribution in [0.5, 0.6) is 0 Å². The quantitative estimate of drug-likeness (QED) is 0.626. The number of hydrogen-bond donors (Lipinski definition) is 1. The molecule has 6 atom stereocenters. The van der Waals surface area contributed by atoms with Crippen LogP contribution in [-0.2, 0) is 0 Å². The molecule has 0 bridgehead atoms. The van der Waals surface area contributed by atoms with E-state index in [4.69, 9.17) is 0 Å². The zero-order chi connectivity index (χ0) is 19.8. The van der Waals surface area contributed by atoms with Crippen LogP contribution >= 0.6 is 0 Å². The molecule has 29 heavy (non-hydrogen) atoms. The number of fused-ring (bicyclic) bond motifs is 6. The van der Waals surface area contributed by atoms with Gasteiger partial charge >= 0.3 is 0 Å². The first-order valence-corrected chi connectivity index (χ1v) is 11.5. The van der Waals surface area contributed by atoms with Crippen molar-refractivity contribution in [1.29, 1.82) is 0 Å². The van der Waals surface area contributed by atoms with Gasteiger partial charge in [-0.3, -0.25) is 0 Å². The molecule has 3 nitrogen and oxygen atoms in total. The second-order valence-electron chi connectivity index (χ2n) is 10.5. The molecule has 0 spiro atoms. The smallest absolute Gasteiger partial charge is 0.100 e. The number of aromatic nitrogens is 2. The van der Waals surface area contributed by atoms with Crippen LogP contribution < -0.4 is 0 Å². The summed E-state index contributed by atoms with van der Waals surface area (Å²) < 4.78 is 2.38. The number of imidazole rings is 1. The summed E-state index contributed by atoms with van der Waals surface area (Å²) in [6.07, 6.45) is 14.9. The number of benzene rings is 1. The van der Waals surface area contributed by atoms with E-state index in [0.717, 1.165) is 36.1 Å². The van der Waals surface area contributed by atoms with Crippen LogP contribution in [0.1, 0.15) is 58.8 Å². The van der Waals surface area contributed by atoms with Crippen LogP contribution in [0.25, 0.3) is 16.7 Å². The van der Waals surface area contributed by atoms with Gasteiger partial charge in [0.05, 0.1) is 17.1 Å². The predicted molar refractivity (Wildman–Crippen MR) is 117 cm³/mol. The van der Waals surface area contributed by atoms with Gasteiger partial charge in [-0.15, -0.1) is 0 Å². The maximum atomic E-state index is 10.2. The molecular weight excluding hydrogens is 356 g/mol. The largest absolute Gasteiger partial charge is 0.389 e. The number of nitrogens with zero attached hydrogens (tertiary/aromatic N) is 2. The lowest BCUT2D eigenvalue weighted by Crippen LogP contribution is -2.50. The molecule has 1 heterocycles. The molecule has 0 saturated heterocycles. The Labute approximate surface area is 173 Å². The summed E-state index contributed by atoms with van der Waals surface area (Å²) >= 11 is 0. The van der Waals surface area contributed by atoms with Gasteiger partial charge in [0.25, 0.3) is 0 Å². The summed E-state index contributed by atoms with van der Waals surface area (Å²) in [6, 6.07) is 8.52. The zero-order valence-corrected chi connectivity index (χ0v) is 17.6. The van der Waals surface area contributed by atoms with E-state index < -0.39 is 0 Å². The standard InChI is InChI=1S/C26H32N2O/c1-25-13-11-18(29)15-17(25)7-8-19-20-9-10-24(26(20,2)14-12-21(19)25)28-16-27-22-5-3-4-6-23(22)28/h3-6,10,15-16,18-21,29H,7-9,11-14H2,1-2H3/t18-,19?,20?,21?,25+,26+/m1/s1. The number of aliphatic hydroxyl groups is 1. The van der Waals surface area contributed by atoms with Gasteiger partial charge in [0.1, 0.15) is 6.33 Å². The Balaban J connectivity index is 1.36. The summed E-state index contributed by atoms with van der Waals surface area (Å²) in [7, 11) is 0. The molecule has 1 aromatic heterocycles.